The molecule has 0 spiro atoms. The first-order chi connectivity index (χ1) is 24.9. The zero-order valence-electron chi connectivity index (χ0n) is 30.9. The van der Waals surface area contributed by atoms with Gasteiger partial charge >= 0.3 is 0 Å². The van der Waals surface area contributed by atoms with Crippen LogP contribution >= 0.6 is 12.4 Å². The van der Waals surface area contributed by atoms with Gasteiger partial charge in [-0.05, 0) is 92.6 Å². The van der Waals surface area contributed by atoms with Gasteiger partial charge in [-0.1, -0.05) is 64.1 Å². The van der Waals surface area contributed by atoms with Gasteiger partial charge in [-0.3, -0.25) is 0 Å². The first kappa shape index (κ1) is 37.6. The second-order valence-corrected chi connectivity index (χ2v) is 14.3. The van der Waals surface area contributed by atoms with Crippen molar-refractivity contribution in [3.63, 3.8) is 0 Å². The molecule has 1 N–H and O–H groups in total. The molecule has 6 aromatic rings. The molecule has 52 heavy (non-hydrogen) atoms. The van der Waals surface area contributed by atoms with Gasteiger partial charge in [0.15, 0.2) is 0 Å². The maximum absolute atomic E-state index is 5.65. The van der Waals surface area contributed by atoms with E-state index in [9.17, 15) is 0 Å². The predicted molar refractivity (Wildman–Crippen MR) is 203 cm³/mol. The Kier molecular flexibility index (Phi) is 12.4. The van der Waals surface area contributed by atoms with Gasteiger partial charge in [0.25, 0.3) is 11.9 Å². The smallest absolute Gasteiger partial charge is 0.291 e. The van der Waals surface area contributed by atoms with Crippen molar-refractivity contribution >= 4 is 34.2 Å². The minimum absolute atomic E-state index is 0. The highest BCUT2D eigenvalue weighted by atomic mass is 35.5. The Morgan fingerprint density at radius 2 is 1.21 bits per heavy atom. The number of rotatable bonds is 10. The Bertz CT molecular complexity index is 2020. The monoisotopic (exact) mass is 730 g/mol. The van der Waals surface area contributed by atoms with Gasteiger partial charge in [-0.25, -0.2) is 0 Å². The first-order valence-corrected chi connectivity index (χ1v) is 18.5. The summed E-state index contributed by atoms with van der Waals surface area (Å²) in [4.78, 5) is 11.8. The van der Waals surface area contributed by atoms with Gasteiger partial charge < -0.3 is 24.0 Å². The number of aromatic nitrogens is 8. The lowest BCUT2D eigenvalue weighted by molar-refractivity contribution is 0.152. The topological polar surface area (TPSA) is 138 Å². The molecule has 2 aliphatic heterocycles. The van der Waals surface area contributed by atoms with Crippen LogP contribution in [0.5, 0.6) is 0 Å². The molecule has 0 unspecified atom stereocenters. The van der Waals surface area contributed by atoms with Crippen LogP contribution in [0, 0.1) is 0 Å². The summed E-state index contributed by atoms with van der Waals surface area (Å²) in [7, 11) is 1.76. The van der Waals surface area contributed by atoms with E-state index in [1.165, 1.54) is 0 Å². The third kappa shape index (κ3) is 8.07. The minimum Gasteiger partial charge on any atom is -0.385 e. The average Bonchev–Trinajstić information content (AvgIpc) is 3.97. The van der Waals surface area contributed by atoms with Crippen LogP contribution in [0.1, 0.15) is 107 Å². The Morgan fingerprint density at radius 3 is 1.69 bits per heavy atom. The molecule has 2 aliphatic rings. The van der Waals surface area contributed by atoms with Crippen molar-refractivity contribution in [1.82, 2.24) is 50.1 Å². The van der Waals surface area contributed by atoms with Gasteiger partial charge in [0.2, 0.25) is 11.8 Å². The van der Waals surface area contributed by atoms with Gasteiger partial charge in [0, 0.05) is 42.9 Å². The van der Waals surface area contributed by atoms with Gasteiger partial charge in [-0.2, -0.15) is 29.5 Å². The highest BCUT2D eigenvalue weighted by Crippen LogP contribution is 2.31. The van der Waals surface area contributed by atoms with E-state index in [0.717, 1.165) is 116 Å². The second-order valence-electron chi connectivity index (χ2n) is 14.3. The molecular weight excluding hydrogens is 680 g/mol. The van der Waals surface area contributed by atoms with Crippen molar-refractivity contribution in [1.29, 1.82) is 0 Å². The number of nitrogens with zero attached hydrogens (tertiary/aromatic N) is 9. The highest BCUT2D eigenvalue weighted by molar-refractivity contribution is 5.85. The average molecular weight is 731 g/mol. The zero-order valence-corrected chi connectivity index (χ0v) is 31.7. The van der Waals surface area contributed by atoms with E-state index in [1.807, 2.05) is 28.9 Å². The van der Waals surface area contributed by atoms with Crippen LogP contribution in [0.15, 0.2) is 57.6 Å². The Balaban J connectivity index is 0.000000178. The SMILES string of the molecule is CC(C)c1nn(-c2noc(C3CCNCC3)n2)c2ccccc12.COCCCN1CCC(c2nc(-n3nc(C(C)C)c4ccccc43)no2)CC1.Cl. The molecule has 4 aromatic heterocycles. The zero-order chi connectivity index (χ0) is 35.3. The van der Waals surface area contributed by atoms with Crippen LogP contribution in [0.2, 0.25) is 0 Å². The molecule has 2 fully saturated rings. The summed E-state index contributed by atoms with van der Waals surface area (Å²) in [5, 5.41) is 23.6. The lowest BCUT2D eigenvalue weighted by Gasteiger charge is -2.30. The van der Waals surface area contributed by atoms with Crippen LogP contribution < -0.4 is 5.32 Å². The maximum Gasteiger partial charge on any atom is 0.291 e. The largest absolute Gasteiger partial charge is 0.385 e. The normalized spacial score (nSPS) is 16.1. The van der Waals surface area contributed by atoms with Crippen molar-refractivity contribution in [3.05, 3.63) is 71.7 Å². The molecule has 0 saturated carbocycles. The lowest BCUT2D eigenvalue weighted by Crippen LogP contribution is -2.34. The number of methoxy groups -OCH3 is 1. The first-order valence-electron chi connectivity index (χ1n) is 18.5. The van der Waals surface area contributed by atoms with E-state index >= 15 is 0 Å². The number of ether oxygens (including phenoxy) is 1. The number of nitrogens with one attached hydrogen (secondary N) is 1. The molecule has 2 aromatic carbocycles. The van der Waals surface area contributed by atoms with Crippen molar-refractivity contribution in [2.45, 2.75) is 83.5 Å². The fraction of sp³-hybridized carbons (Fsp3) is 0.526. The number of hydrogen-bond donors (Lipinski definition) is 1. The molecular formula is C38H51ClN10O3. The standard InChI is InChI=1S/C21H29N5O2.C17H21N5O.ClH/c1-15(2)19-17-7-4-5-8-18(17)26(23-19)21-22-20(28-24-21)16-9-12-25(13-10-16)11-6-14-27-3;1-11(2)15-13-5-3-4-6-14(13)22(20-15)17-19-16(23-21-17)12-7-9-18-10-8-12;/h4-5,7-8,15-16H,6,9-14H2,1-3H3;3-6,11-12,18H,7-10H2,1-2H3;1H. The van der Waals surface area contributed by atoms with Gasteiger partial charge in [-0.15, -0.1) is 12.4 Å². The molecule has 8 rings (SSSR count). The van der Waals surface area contributed by atoms with E-state index in [1.54, 1.807) is 11.8 Å². The molecule has 2 saturated heterocycles. The molecule has 0 atom stereocenters. The molecule has 6 heterocycles. The number of fused-ring (bicyclic) bond motifs is 2. The van der Waals surface area contributed by atoms with E-state index in [0.29, 0.717) is 35.6 Å². The summed E-state index contributed by atoms with van der Waals surface area (Å²) in [5.41, 5.74) is 4.17. The number of para-hydroxylation sites is 2. The number of halogens is 1. The third-order valence-electron chi connectivity index (χ3n) is 10.0. The van der Waals surface area contributed by atoms with Crippen molar-refractivity contribution < 1.29 is 13.8 Å². The van der Waals surface area contributed by atoms with Crippen LogP contribution in [-0.4, -0.2) is 91.2 Å². The maximum atomic E-state index is 5.65. The summed E-state index contributed by atoms with van der Waals surface area (Å²) >= 11 is 0. The summed E-state index contributed by atoms with van der Waals surface area (Å²) in [6, 6.07) is 16.4. The molecule has 14 heteroatoms. The minimum atomic E-state index is 0. The summed E-state index contributed by atoms with van der Waals surface area (Å²) in [6.45, 7) is 14.7. The molecule has 278 valence electrons. The third-order valence-corrected chi connectivity index (χ3v) is 10.0. The van der Waals surface area contributed by atoms with E-state index in [4.69, 9.17) is 29.0 Å². The van der Waals surface area contributed by atoms with E-state index in [2.05, 4.69) is 77.5 Å². The second kappa shape index (κ2) is 17.1. The quantitative estimate of drug-likeness (QED) is 0.144. The summed E-state index contributed by atoms with van der Waals surface area (Å²) in [6.07, 6.45) is 5.26. The van der Waals surface area contributed by atoms with Crippen LogP contribution in [-0.2, 0) is 4.74 Å². The van der Waals surface area contributed by atoms with E-state index < -0.39 is 0 Å². The van der Waals surface area contributed by atoms with Crippen LogP contribution in [0.25, 0.3) is 33.7 Å². The highest BCUT2D eigenvalue weighted by Gasteiger charge is 2.27. The number of piperidine rings is 2. The fourth-order valence-electron chi connectivity index (χ4n) is 7.20. The van der Waals surface area contributed by atoms with Crippen LogP contribution in [0.4, 0.5) is 0 Å². The number of benzene rings is 2. The van der Waals surface area contributed by atoms with E-state index in [-0.39, 0.29) is 12.4 Å². The molecule has 0 radical (unpaired) electrons. The van der Waals surface area contributed by atoms with Crippen molar-refractivity contribution in [2.24, 2.45) is 0 Å². The number of likely N-dealkylation sites (tertiary alicyclic amines) is 1. The number of hydrogen-bond acceptors (Lipinski definition) is 11. The lowest BCUT2D eigenvalue weighted by atomic mass is 9.97. The molecule has 0 bridgehead atoms. The fourth-order valence-corrected chi connectivity index (χ4v) is 7.20. The Morgan fingerprint density at radius 1 is 0.731 bits per heavy atom. The summed E-state index contributed by atoms with van der Waals surface area (Å²) in [5.74, 6) is 3.87. The Hall–Kier alpha value is -4.17. The van der Waals surface area contributed by atoms with Gasteiger partial charge in [0.1, 0.15) is 0 Å². The Labute approximate surface area is 310 Å². The van der Waals surface area contributed by atoms with Crippen LogP contribution in [0.3, 0.4) is 0 Å². The van der Waals surface area contributed by atoms with Crippen molar-refractivity contribution in [3.8, 4) is 11.9 Å². The van der Waals surface area contributed by atoms with Gasteiger partial charge in [0.05, 0.1) is 22.4 Å². The van der Waals surface area contributed by atoms with Crippen molar-refractivity contribution in [2.75, 3.05) is 46.4 Å². The molecule has 0 aliphatic carbocycles. The summed E-state index contributed by atoms with van der Waals surface area (Å²) < 4.78 is 19.9. The molecule has 0 amide bonds. The predicted octanol–water partition coefficient (Wildman–Crippen LogP) is 7.17. The molecule has 13 nitrogen and oxygen atoms in total.